The number of carbonyl (C=O) groups is 2. The maximum absolute atomic E-state index is 12.9. The monoisotopic (exact) mass is 376 g/mol. The minimum atomic E-state index is -0.0823. The molecule has 150 valence electrons. The van der Waals surface area contributed by atoms with Crippen molar-refractivity contribution in [1.82, 2.24) is 19.9 Å². The third kappa shape index (κ3) is 3.74. The highest BCUT2D eigenvalue weighted by Crippen LogP contribution is 2.44. The number of likely N-dealkylation sites (N-methyl/N-ethyl adjacent to an activating group) is 2. The molecule has 2 aliphatic heterocycles. The van der Waals surface area contributed by atoms with E-state index < -0.39 is 0 Å². The van der Waals surface area contributed by atoms with Crippen molar-refractivity contribution in [3.05, 3.63) is 17.0 Å². The van der Waals surface area contributed by atoms with Crippen molar-refractivity contribution in [3.63, 3.8) is 0 Å². The van der Waals surface area contributed by atoms with Gasteiger partial charge in [0.1, 0.15) is 5.76 Å². The molecular formula is C20H32N4O3. The van der Waals surface area contributed by atoms with Gasteiger partial charge in [-0.2, -0.15) is 0 Å². The summed E-state index contributed by atoms with van der Waals surface area (Å²) < 4.78 is 5.18. The molecule has 3 rings (SSSR count). The molecular weight excluding hydrogens is 344 g/mol. The van der Waals surface area contributed by atoms with E-state index in [9.17, 15) is 9.59 Å². The maximum atomic E-state index is 12.9. The molecule has 2 aliphatic rings. The highest BCUT2D eigenvalue weighted by molar-refractivity contribution is 5.83. The minimum Gasteiger partial charge on any atom is -0.361 e. The number of hydrogen-bond acceptors (Lipinski definition) is 5. The van der Waals surface area contributed by atoms with E-state index in [0.717, 1.165) is 49.2 Å². The van der Waals surface area contributed by atoms with Gasteiger partial charge in [0.05, 0.1) is 18.2 Å². The van der Waals surface area contributed by atoms with Crippen molar-refractivity contribution in [3.8, 4) is 0 Å². The fourth-order valence-corrected chi connectivity index (χ4v) is 4.85. The van der Waals surface area contributed by atoms with Gasteiger partial charge < -0.3 is 14.3 Å². The summed E-state index contributed by atoms with van der Waals surface area (Å²) in [6, 6.07) is -0.0823. The first-order valence-corrected chi connectivity index (χ1v) is 9.86. The molecule has 3 heterocycles. The van der Waals surface area contributed by atoms with E-state index in [0.29, 0.717) is 19.5 Å². The van der Waals surface area contributed by atoms with Crippen LogP contribution < -0.4 is 0 Å². The summed E-state index contributed by atoms with van der Waals surface area (Å²) in [6.45, 7) is 6.12. The molecule has 1 aromatic rings. The lowest BCUT2D eigenvalue weighted by molar-refractivity contribution is -0.146. The lowest BCUT2D eigenvalue weighted by Crippen LogP contribution is -2.61. The Labute approximate surface area is 161 Å². The van der Waals surface area contributed by atoms with Crippen molar-refractivity contribution < 1.29 is 14.1 Å². The summed E-state index contributed by atoms with van der Waals surface area (Å²) in [4.78, 5) is 31.5. The van der Waals surface area contributed by atoms with Crippen LogP contribution in [-0.4, -0.2) is 78.5 Å². The summed E-state index contributed by atoms with van der Waals surface area (Å²) >= 11 is 0. The van der Waals surface area contributed by atoms with Crippen molar-refractivity contribution in [2.45, 2.75) is 52.0 Å². The number of aromatic nitrogens is 1. The Morgan fingerprint density at radius 3 is 2.41 bits per heavy atom. The number of aryl methyl sites for hydroxylation is 2. The Bertz CT molecular complexity index is 685. The van der Waals surface area contributed by atoms with Crippen molar-refractivity contribution in [2.75, 3.05) is 40.8 Å². The molecule has 7 heteroatoms. The normalized spacial score (nSPS) is 22.9. The van der Waals surface area contributed by atoms with Gasteiger partial charge in [0, 0.05) is 32.7 Å². The Kier molecular flexibility index (Phi) is 5.60. The van der Waals surface area contributed by atoms with Crippen molar-refractivity contribution in [1.29, 1.82) is 0 Å². The molecule has 2 saturated heterocycles. The summed E-state index contributed by atoms with van der Waals surface area (Å²) in [7, 11) is 5.73. The predicted molar refractivity (Wildman–Crippen MR) is 102 cm³/mol. The molecule has 27 heavy (non-hydrogen) atoms. The predicted octanol–water partition coefficient (Wildman–Crippen LogP) is 1.63. The lowest BCUT2D eigenvalue weighted by Gasteiger charge is -2.52. The van der Waals surface area contributed by atoms with E-state index in [1.807, 2.05) is 32.8 Å². The Balaban J connectivity index is 1.69. The Hall–Kier alpha value is -1.89. The van der Waals surface area contributed by atoms with Crippen LogP contribution in [0.5, 0.6) is 0 Å². The van der Waals surface area contributed by atoms with Gasteiger partial charge in [0.25, 0.3) is 0 Å². The molecule has 0 N–H and O–H groups in total. The van der Waals surface area contributed by atoms with Crippen molar-refractivity contribution in [2.24, 2.45) is 5.41 Å². The largest absolute Gasteiger partial charge is 0.361 e. The molecule has 7 nitrogen and oxygen atoms in total. The number of carbonyl (C=O) groups excluding carboxylic acids is 2. The van der Waals surface area contributed by atoms with Gasteiger partial charge in [-0.05, 0) is 58.5 Å². The summed E-state index contributed by atoms with van der Waals surface area (Å²) in [6.07, 6.45) is 4.28. The fourth-order valence-electron chi connectivity index (χ4n) is 4.85. The third-order valence-corrected chi connectivity index (χ3v) is 6.50. The van der Waals surface area contributed by atoms with Crippen LogP contribution in [0.25, 0.3) is 0 Å². The van der Waals surface area contributed by atoms with Crippen LogP contribution in [0.2, 0.25) is 0 Å². The van der Waals surface area contributed by atoms with E-state index in [4.69, 9.17) is 4.52 Å². The van der Waals surface area contributed by atoms with Gasteiger partial charge in [-0.3, -0.25) is 14.5 Å². The topological polar surface area (TPSA) is 69.9 Å². The first-order chi connectivity index (χ1) is 12.7. The summed E-state index contributed by atoms with van der Waals surface area (Å²) in [5.74, 6) is 1.03. The van der Waals surface area contributed by atoms with Gasteiger partial charge in [-0.25, -0.2) is 0 Å². The number of likely N-dealkylation sites (tertiary alicyclic amines) is 2. The quantitative estimate of drug-likeness (QED) is 0.802. The molecule has 0 saturated carbocycles. The average molecular weight is 377 g/mol. The van der Waals surface area contributed by atoms with E-state index >= 15 is 0 Å². The third-order valence-electron chi connectivity index (χ3n) is 6.50. The van der Waals surface area contributed by atoms with Gasteiger partial charge in [-0.1, -0.05) is 5.16 Å². The van der Waals surface area contributed by atoms with Crippen LogP contribution in [0, 0.1) is 19.3 Å². The molecule has 1 aromatic heterocycles. The van der Waals surface area contributed by atoms with E-state index in [1.54, 1.807) is 4.90 Å². The summed E-state index contributed by atoms with van der Waals surface area (Å²) in [5, 5.41) is 3.94. The Morgan fingerprint density at radius 1 is 1.19 bits per heavy atom. The molecule has 1 unspecified atom stereocenters. The van der Waals surface area contributed by atoms with E-state index in [-0.39, 0.29) is 23.3 Å². The standard InChI is InChI=1S/C20H32N4O3/c1-14-16(15(2)27-21-14)13-17(25)24-11-8-20(9-12-24)7-6-10-23(5)18(20)19(26)22(3)4/h18H,6-13H2,1-5H3. The van der Waals surface area contributed by atoms with Gasteiger partial charge in [0.15, 0.2) is 0 Å². The molecule has 1 atom stereocenters. The van der Waals surface area contributed by atoms with Gasteiger partial charge >= 0.3 is 0 Å². The molecule has 0 aromatic carbocycles. The van der Waals surface area contributed by atoms with Crippen LogP contribution in [0.15, 0.2) is 4.52 Å². The highest BCUT2D eigenvalue weighted by atomic mass is 16.5. The number of piperidine rings is 2. The fraction of sp³-hybridized carbons (Fsp3) is 0.750. The lowest BCUT2D eigenvalue weighted by atomic mass is 9.66. The second-order valence-corrected chi connectivity index (χ2v) is 8.44. The number of hydrogen-bond donors (Lipinski definition) is 0. The molecule has 2 amide bonds. The van der Waals surface area contributed by atoms with Crippen molar-refractivity contribution >= 4 is 11.8 Å². The molecule has 1 spiro atoms. The molecule has 2 fully saturated rings. The zero-order chi connectivity index (χ0) is 19.8. The van der Waals surface area contributed by atoms with Crippen LogP contribution in [0.1, 0.15) is 42.7 Å². The second kappa shape index (κ2) is 7.62. The number of nitrogens with zero attached hydrogens (tertiary/aromatic N) is 4. The van der Waals surface area contributed by atoms with Crippen LogP contribution in [0.4, 0.5) is 0 Å². The SMILES string of the molecule is Cc1noc(C)c1CC(=O)N1CCC2(CCCN(C)C2C(=O)N(C)C)CC1. The zero-order valence-corrected chi connectivity index (χ0v) is 17.2. The maximum Gasteiger partial charge on any atom is 0.239 e. The molecule has 0 aliphatic carbocycles. The Morgan fingerprint density at radius 2 is 1.85 bits per heavy atom. The molecule has 0 radical (unpaired) electrons. The first-order valence-electron chi connectivity index (χ1n) is 9.86. The zero-order valence-electron chi connectivity index (χ0n) is 17.2. The highest BCUT2D eigenvalue weighted by Gasteiger charge is 2.49. The smallest absolute Gasteiger partial charge is 0.239 e. The van der Waals surface area contributed by atoms with E-state index in [2.05, 4.69) is 17.1 Å². The van der Waals surface area contributed by atoms with Crippen LogP contribution in [0.3, 0.4) is 0 Å². The van der Waals surface area contributed by atoms with E-state index in [1.165, 1.54) is 0 Å². The van der Waals surface area contributed by atoms with Crippen LogP contribution >= 0.6 is 0 Å². The number of amides is 2. The average Bonchev–Trinajstić information content (AvgIpc) is 2.94. The second-order valence-electron chi connectivity index (χ2n) is 8.44. The number of rotatable bonds is 3. The van der Waals surface area contributed by atoms with Crippen LogP contribution in [-0.2, 0) is 16.0 Å². The molecule has 0 bridgehead atoms. The van der Waals surface area contributed by atoms with Gasteiger partial charge in [-0.15, -0.1) is 0 Å². The van der Waals surface area contributed by atoms with Gasteiger partial charge in [0.2, 0.25) is 11.8 Å². The summed E-state index contributed by atoms with van der Waals surface area (Å²) in [5.41, 5.74) is 1.67. The minimum absolute atomic E-state index is 0.0197. The first kappa shape index (κ1) is 19.9.